The molecule has 118 valence electrons. The van der Waals surface area contributed by atoms with Crippen molar-refractivity contribution < 1.29 is 9.53 Å². The second-order valence-corrected chi connectivity index (χ2v) is 6.69. The topological polar surface area (TPSA) is 76.1 Å². The summed E-state index contributed by atoms with van der Waals surface area (Å²) in [5.74, 6) is 0.214. The maximum absolute atomic E-state index is 12.6. The van der Waals surface area contributed by atoms with Gasteiger partial charge in [-0.1, -0.05) is 36.2 Å². The molecule has 3 rings (SSSR count). The highest BCUT2D eigenvalue weighted by atomic mass is 35.5. The standard InChI is InChI=1S/C17H14Cl2N2O2/c1-8-4-13(22)16-14(5-8)23-17(21)10(7-20)15(16)9-2-3-11(18)12(19)6-9/h2-3,6,8,15H,4-5,21H2,1H3/t8-,15-/m0/s1. The summed E-state index contributed by atoms with van der Waals surface area (Å²) in [4.78, 5) is 12.6. The molecule has 0 unspecified atom stereocenters. The summed E-state index contributed by atoms with van der Waals surface area (Å²) in [6, 6.07) is 7.14. The molecule has 2 N–H and O–H groups in total. The summed E-state index contributed by atoms with van der Waals surface area (Å²) in [5.41, 5.74) is 7.35. The van der Waals surface area contributed by atoms with Crippen molar-refractivity contribution in [2.45, 2.75) is 25.7 Å². The van der Waals surface area contributed by atoms with Crippen molar-refractivity contribution in [2.24, 2.45) is 11.7 Å². The predicted molar refractivity (Wildman–Crippen MR) is 87.5 cm³/mol. The SMILES string of the molecule is C[C@H]1CC(=O)C2=C(C1)OC(N)=C(C#N)[C@@H]2c1ccc(Cl)c(Cl)c1. The molecule has 4 nitrogen and oxygen atoms in total. The molecule has 1 aromatic carbocycles. The van der Waals surface area contributed by atoms with Gasteiger partial charge in [0.2, 0.25) is 5.88 Å². The van der Waals surface area contributed by atoms with Gasteiger partial charge in [-0.25, -0.2) is 0 Å². The Kier molecular flexibility index (Phi) is 4.09. The Morgan fingerprint density at radius 1 is 1.30 bits per heavy atom. The number of rotatable bonds is 1. The second kappa shape index (κ2) is 5.92. The average molecular weight is 349 g/mol. The Bertz CT molecular complexity index is 805. The smallest absolute Gasteiger partial charge is 0.205 e. The summed E-state index contributed by atoms with van der Waals surface area (Å²) in [6.07, 6.45) is 1.05. The maximum atomic E-state index is 12.6. The van der Waals surface area contributed by atoms with Gasteiger partial charge in [-0.2, -0.15) is 5.26 Å². The van der Waals surface area contributed by atoms with Crippen LogP contribution in [0.2, 0.25) is 10.0 Å². The summed E-state index contributed by atoms with van der Waals surface area (Å²) in [5, 5.41) is 10.3. The molecular formula is C17H14Cl2N2O2. The van der Waals surface area contributed by atoms with Crippen LogP contribution in [0.15, 0.2) is 41.0 Å². The van der Waals surface area contributed by atoms with Crippen LogP contribution in [-0.4, -0.2) is 5.78 Å². The molecule has 1 heterocycles. The summed E-state index contributed by atoms with van der Waals surface area (Å²) in [6.45, 7) is 1.99. The first-order valence-corrected chi connectivity index (χ1v) is 7.96. The van der Waals surface area contributed by atoms with E-state index in [4.69, 9.17) is 33.7 Å². The Labute approximate surface area is 144 Å². The van der Waals surface area contributed by atoms with Crippen molar-refractivity contribution in [2.75, 3.05) is 0 Å². The monoisotopic (exact) mass is 348 g/mol. The van der Waals surface area contributed by atoms with E-state index in [9.17, 15) is 10.1 Å². The molecule has 1 aromatic rings. The Morgan fingerprint density at radius 3 is 2.70 bits per heavy atom. The van der Waals surface area contributed by atoms with E-state index in [0.29, 0.717) is 39.8 Å². The van der Waals surface area contributed by atoms with E-state index < -0.39 is 5.92 Å². The van der Waals surface area contributed by atoms with E-state index in [-0.39, 0.29) is 23.2 Å². The molecule has 0 aromatic heterocycles. The van der Waals surface area contributed by atoms with Crippen LogP contribution < -0.4 is 5.73 Å². The number of carbonyl (C=O) groups excluding carboxylic acids is 1. The third-order valence-electron chi connectivity index (χ3n) is 4.14. The lowest BCUT2D eigenvalue weighted by Gasteiger charge is -2.33. The summed E-state index contributed by atoms with van der Waals surface area (Å²) >= 11 is 12.1. The average Bonchev–Trinajstić information content (AvgIpc) is 2.48. The van der Waals surface area contributed by atoms with Crippen LogP contribution in [0.1, 0.15) is 31.2 Å². The van der Waals surface area contributed by atoms with Gasteiger partial charge in [-0.15, -0.1) is 0 Å². The maximum Gasteiger partial charge on any atom is 0.205 e. The Morgan fingerprint density at radius 2 is 2.04 bits per heavy atom. The molecular weight excluding hydrogens is 335 g/mol. The van der Waals surface area contributed by atoms with Crippen molar-refractivity contribution in [3.63, 3.8) is 0 Å². The van der Waals surface area contributed by atoms with Gasteiger partial charge in [0.05, 0.1) is 16.0 Å². The van der Waals surface area contributed by atoms with Gasteiger partial charge in [0.25, 0.3) is 0 Å². The number of hydrogen-bond acceptors (Lipinski definition) is 4. The molecule has 0 amide bonds. The van der Waals surface area contributed by atoms with E-state index in [1.54, 1.807) is 18.2 Å². The highest BCUT2D eigenvalue weighted by Crippen LogP contribution is 2.45. The van der Waals surface area contributed by atoms with Crippen LogP contribution in [0.25, 0.3) is 0 Å². The lowest BCUT2D eigenvalue weighted by molar-refractivity contribution is -0.117. The molecule has 6 heteroatoms. The first-order valence-electron chi connectivity index (χ1n) is 7.21. The zero-order valence-electron chi connectivity index (χ0n) is 12.4. The number of nitrogens with two attached hydrogens (primary N) is 1. The van der Waals surface area contributed by atoms with Crippen molar-refractivity contribution in [3.05, 3.63) is 56.6 Å². The molecule has 0 bridgehead atoms. The van der Waals surface area contributed by atoms with Gasteiger partial charge in [0, 0.05) is 18.4 Å². The van der Waals surface area contributed by atoms with E-state index in [0.717, 1.165) is 0 Å². The quantitative estimate of drug-likeness (QED) is 0.830. The molecule has 0 saturated carbocycles. The van der Waals surface area contributed by atoms with Crippen molar-refractivity contribution in [1.82, 2.24) is 0 Å². The molecule has 23 heavy (non-hydrogen) atoms. The Hall–Kier alpha value is -1.96. The van der Waals surface area contributed by atoms with Crippen LogP contribution in [0.5, 0.6) is 0 Å². The van der Waals surface area contributed by atoms with Crippen molar-refractivity contribution in [1.29, 1.82) is 5.26 Å². The summed E-state index contributed by atoms with van der Waals surface area (Å²) in [7, 11) is 0. The minimum atomic E-state index is -0.557. The zero-order valence-corrected chi connectivity index (χ0v) is 13.9. The van der Waals surface area contributed by atoms with Gasteiger partial charge in [-0.3, -0.25) is 4.79 Å². The number of nitrogens with zero attached hydrogens (tertiary/aromatic N) is 1. The lowest BCUT2D eigenvalue weighted by Crippen LogP contribution is -2.29. The third kappa shape index (κ3) is 2.71. The number of nitriles is 1. The van der Waals surface area contributed by atoms with Gasteiger partial charge < -0.3 is 10.5 Å². The van der Waals surface area contributed by atoms with Crippen LogP contribution in [0, 0.1) is 17.2 Å². The summed E-state index contributed by atoms with van der Waals surface area (Å²) < 4.78 is 5.57. The van der Waals surface area contributed by atoms with Gasteiger partial charge >= 0.3 is 0 Å². The number of hydrogen-bond donors (Lipinski definition) is 1. The fourth-order valence-electron chi connectivity index (χ4n) is 3.12. The molecule has 0 saturated heterocycles. The van der Waals surface area contributed by atoms with Crippen LogP contribution in [0.3, 0.4) is 0 Å². The van der Waals surface area contributed by atoms with Crippen molar-refractivity contribution in [3.8, 4) is 6.07 Å². The molecule has 0 spiro atoms. The van der Waals surface area contributed by atoms with Crippen LogP contribution >= 0.6 is 23.2 Å². The zero-order chi connectivity index (χ0) is 16.7. The fraction of sp³-hybridized carbons (Fsp3) is 0.294. The Balaban J connectivity index is 2.19. The van der Waals surface area contributed by atoms with E-state index >= 15 is 0 Å². The van der Waals surface area contributed by atoms with Gasteiger partial charge in [0.1, 0.15) is 17.4 Å². The lowest BCUT2D eigenvalue weighted by atomic mass is 9.75. The molecule has 2 atom stereocenters. The van der Waals surface area contributed by atoms with E-state index in [1.165, 1.54) is 0 Å². The number of halogens is 2. The fourth-order valence-corrected chi connectivity index (χ4v) is 3.42. The number of carbonyl (C=O) groups is 1. The minimum Gasteiger partial charge on any atom is -0.444 e. The minimum absolute atomic E-state index is 0.0185. The molecule has 2 aliphatic rings. The normalized spacial score (nSPS) is 24.2. The third-order valence-corrected chi connectivity index (χ3v) is 4.88. The number of benzene rings is 1. The largest absolute Gasteiger partial charge is 0.444 e. The predicted octanol–water partition coefficient (Wildman–Crippen LogP) is 4.05. The van der Waals surface area contributed by atoms with E-state index in [1.807, 2.05) is 6.92 Å². The highest BCUT2D eigenvalue weighted by molar-refractivity contribution is 6.42. The van der Waals surface area contributed by atoms with Crippen LogP contribution in [0.4, 0.5) is 0 Å². The molecule has 0 fully saturated rings. The van der Waals surface area contributed by atoms with Crippen LogP contribution in [-0.2, 0) is 9.53 Å². The number of ketones is 1. The first-order chi connectivity index (χ1) is 10.9. The van der Waals surface area contributed by atoms with E-state index in [2.05, 4.69) is 6.07 Å². The number of Topliss-reactive ketones (excluding diaryl/α,β-unsaturated/α-hetero) is 1. The van der Waals surface area contributed by atoms with Gasteiger partial charge in [-0.05, 0) is 23.6 Å². The van der Waals surface area contributed by atoms with Gasteiger partial charge in [0.15, 0.2) is 5.78 Å². The number of ether oxygens (including phenoxy) is 1. The molecule has 1 aliphatic carbocycles. The molecule has 1 aliphatic heterocycles. The second-order valence-electron chi connectivity index (χ2n) is 5.87. The number of allylic oxidation sites excluding steroid dienone is 3. The highest BCUT2D eigenvalue weighted by Gasteiger charge is 2.39. The molecule has 0 radical (unpaired) electrons. The first kappa shape index (κ1) is 15.9. The van der Waals surface area contributed by atoms with Crippen molar-refractivity contribution >= 4 is 29.0 Å².